The number of carboxylic acids is 2. The first-order chi connectivity index (χ1) is 10.4. The van der Waals surface area contributed by atoms with Crippen LogP contribution in [0.1, 0.15) is 19.8 Å². The summed E-state index contributed by atoms with van der Waals surface area (Å²) < 4.78 is 0. The van der Waals surface area contributed by atoms with Crippen LogP contribution in [0, 0.1) is 0 Å². The molecular formula is C12H15N3O6S. The minimum absolute atomic E-state index is 0.146. The van der Waals surface area contributed by atoms with E-state index in [1.807, 2.05) is 0 Å². The zero-order valence-electron chi connectivity index (χ0n) is 11.6. The summed E-state index contributed by atoms with van der Waals surface area (Å²) in [7, 11) is 0. The molecule has 0 spiro atoms. The predicted octanol–water partition coefficient (Wildman–Crippen LogP) is 0.339. The second-order valence-electron chi connectivity index (χ2n) is 4.24. The molecule has 0 radical (unpaired) electrons. The van der Waals surface area contributed by atoms with Gasteiger partial charge >= 0.3 is 11.9 Å². The second-order valence-corrected chi connectivity index (χ2v) is 5.63. The lowest BCUT2D eigenvalue weighted by Gasteiger charge is -2.29. The van der Waals surface area contributed by atoms with Crippen molar-refractivity contribution in [2.24, 2.45) is 0 Å². The van der Waals surface area contributed by atoms with Gasteiger partial charge in [0.05, 0.1) is 24.3 Å². The normalized spacial score (nSPS) is 13.1. The van der Waals surface area contributed by atoms with Crippen LogP contribution in [0.4, 0.5) is 5.82 Å². The highest BCUT2D eigenvalue weighted by Gasteiger charge is 2.31. The van der Waals surface area contributed by atoms with Gasteiger partial charge in [-0.15, -0.1) is 11.8 Å². The first kappa shape index (κ1) is 17.7. The molecule has 0 aromatic carbocycles. The van der Waals surface area contributed by atoms with Gasteiger partial charge in [-0.2, -0.15) is 0 Å². The molecule has 1 amide bonds. The zero-order valence-corrected chi connectivity index (χ0v) is 12.4. The molecule has 3 N–H and O–H groups in total. The quantitative estimate of drug-likeness (QED) is 0.435. The highest BCUT2D eigenvalue weighted by Crippen LogP contribution is 2.29. The number of carbonyl (C=O) groups is 4. The number of aromatic nitrogens is 2. The van der Waals surface area contributed by atoms with Gasteiger partial charge in [0, 0.05) is 13.3 Å². The Bertz CT molecular complexity index is 547. The summed E-state index contributed by atoms with van der Waals surface area (Å²) >= 11 is 0.731. The molecule has 9 nitrogen and oxygen atoms in total. The number of nitrogens with zero attached hydrogens (tertiary/aromatic N) is 2. The van der Waals surface area contributed by atoms with Gasteiger partial charge in [0.25, 0.3) is 0 Å². The lowest BCUT2D eigenvalue weighted by molar-refractivity contribution is -0.142. The second kappa shape index (κ2) is 8.17. The van der Waals surface area contributed by atoms with E-state index >= 15 is 0 Å². The SMILES string of the molecule is CC(=O)N(c1cnc[nH]1)C(CC=O)SC(CC(=O)O)C(=O)O. The number of nitrogens with one attached hydrogen (secondary N) is 1. The first-order valence-electron chi connectivity index (χ1n) is 6.18. The summed E-state index contributed by atoms with van der Waals surface area (Å²) in [6.07, 6.45) is 2.47. The molecular weight excluding hydrogens is 314 g/mol. The molecule has 1 aromatic rings. The molecule has 2 unspecified atom stereocenters. The molecule has 120 valence electrons. The molecule has 0 fully saturated rings. The van der Waals surface area contributed by atoms with Gasteiger partial charge in [-0.25, -0.2) is 4.98 Å². The predicted molar refractivity (Wildman–Crippen MR) is 77.5 cm³/mol. The van der Waals surface area contributed by atoms with E-state index in [2.05, 4.69) is 9.97 Å². The smallest absolute Gasteiger partial charge is 0.317 e. The van der Waals surface area contributed by atoms with Crippen molar-refractivity contribution in [3.05, 3.63) is 12.5 Å². The lowest BCUT2D eigenvalue weighted by Crippen LogP contribution is -2.40. The highest BCUT2D eigenvalue weighted by molar-refractivity contribution is 8.01. The van der Waals surface area contributed by atoms with Crippen LogP contribution < -0.4 is 4.90 Å². The number of carboxylic acid groups (broad SMARTS) is 2. The van der Waals surface area contributed by atoms with Crippen molar-refractivity contribution in [1.29, 1.82) is 0 Å². The summed E-state index contributed by atoms with van der Waals surface area (Å²) in [4.78, 5) is 52.2. The Morgan fingerprint density at radius 3 is 2.55 bits per heavy atom. The van der Waals surface area contributed by atoms with E-state index in [9.17, 15) is 19.2 Å². The van der Waals surface area contributed by atoms with Crippen molar-refractivity contribution in [1.82, 2.24) is 9.97 Å². The molecule has 0 aliphatic heterocycles. The van der Waals surface area contributed by atoms with Gasteiger partial charge < -0.3 is 20.0 Å². The average molecular weight is 329 g/mol. The van der Waals surface area contributed by atoms with Crippen molar-refractivity contribution in [3.63, 3.8) is 0 Å². The number of aldehydes is 1. The van der Waals surface area contributed by atoms with Crippen molar-refractivity contribution < 1.29 is 29.4 Å². The largest absolute Gasteiger partial charge is 0.481 e. The Morgan fingerprint density at radius 1 is 1.45 bits per heavy atom. The number of H-pyrrole nitrogens is 1. The number of imidazole rings is 1. The summed E-state index contributed by atoms with van der Waals surface area (Å²) in [6.45, 7) is 1.26. The molecule has 1 aromatic heterocycles. The Balaban J connectivity index is 3.03. The van der Waals surface area contributed by atoms with E-state index in [4.69, 9.17) is 10.2 Å². The maximum absolute atomic E-state index is 11.8. The minimum Gasteiger partial charge on any atom is -0.481 e. The van der Waals surface area contributed by atoms with Crippen LogP contribution in [0.3, 0.4) is 0 Å². The topological polar surface area (TPSA) is 141 Å². The van der Waals surface area contributed by atoms with Crippen LogP contribution >= 0.6 is 11.8 Å². The number of rotatable bonds is 9. The van der Waals surface area contributed by atoms with Gasteiger partial charge in [-0.1, -0.05) is 0 Å². The standard InChI is InChI=1S/C12H15N3O6S/c1-7(17)15(9-5-13-6-14-9)10(2-3-16)22-8(12(20)21)4-11(18)19/h3,5-6,8,10H,2,4H2,1H3,(H,13,14)(H,18,19)(H,20,21). The third-order valence-corrected chi connectivity index (χ3v) is 4.04. The fourth-order valence-corrected chi connectivity index (χ4v) is 3.06. The fraction of sp³-hybridized carbons (Fsp3) is 0.417. The van der Waals surface area contributed by atoms with Crippen molar-refractivity contribution >= 4 is 41.7 Å². The number of thioether (sulfide) groups is 1. The number of aromatic amines is 1. The number of anilines is 1. The van der Waals surface area contributed by atoms with Gasteiger partial charge in [-0.05, 0) is 0 Å². The van der Waals surface area contributed by atoms with Crippen molar-refractivity contribution in [2.75, 3.05) is 4.90 Å². The molecule has 10 heteroatoms. The summed E-state index contributed by atoms with van der Waals surface area (Å²) in [6, 6.07) is 0. The monoisotopic (exact) mass is 329 g/mol. The zero-order chi connectivity index (χ0) is 16.7. The highest BCUT2D eigenvalue weighted by atomic mass is 32.2. The molecule has 1 heterocycles. The number of aliphatic carboxylic acids is 2. The van der Waals surface area contributed by atoms with E-state index in [1.54, 1.807) is 0 Å². The molecule has 1 rings (SSSR count). The van der Waals surface area contributed by atoms with E-state index in [0.29, 0.717) is 12.1 Å². The number of hydrogen-bond acceptors (Lipinski definition) is 6. The van der Waals surface area contributed by atoms with E-state index in [1.165, 1.54) is 24.3 Å². The van der Waals surface area contributed by atoms with Gasteiger partial charge in [0.2, 0.25) is 5.91 Å². The third kappa shape index (κ3) is 4.88. The summed E-state index contributed by atoms with van der Waals surface area (Å²) in [5.41, 5.74) is 0. The van der Waals surface area contributed by atoms with Crippen LogP contribution in [0.2, 0.25) is 0 Å². The number of carbonyl (C=O) groups excluding carboxylic acids is 2. The van der Waals surface area contributed by atoms with Crippen LogP contribution in [-0.2, 0) is 19.2 Å². The summed E-state index contributed by atoms with van der Waals surface area (Å²) in [5.74, 6) is -2.73. The average Bonchev–Trinajstić information content (AvgIpc) is 2.90. The van der Waals surface area contributed by atoms with Crippen LogP contribution in [0.25, 0.3) is 0 Å². The third-order valence-electron chi connectivity index (χ3n) is 2.63. The first-order valence-corrected chi connectivity index (χ1v) is 7.13. The maximum Gasteiger partial charge on any atom is 0.317 e. The Labute approximate surface area is 129 Å². The molecule has 22 heavy (non-hydrogen) atoms. The van der Waals surface area contributed by atoms with Crippen LogP contribution in [0.5, 0.6) is 0 Å². The van der Waals surface area contributed by atoms with E-state index in [-0.39, 0.29) is 6.42 Å². The van der Waals surface area contributed by atoms with Gasteiger partial charge in [0.15, 0.2) is 0 Å². The van der Waals surface area contributed by atoms with E-state index in [0.717, 1.165) is 11.8 Å². The lowest BCUT2D eigenvalue weighted by atomic mass is 10.3. The van der Waals surface area contributed by atoms with E-state index < -0.39 is 34.9 Å². The van der Waals surface area contributed by atoms with Crippen molar-refractivity contribution in [3.8, 4) is 0 Å². The molecule has 0 bridgehead atoms. The minimum atomic E-state index is -1.32. The van der Waals surface area contributed by atoms with Gasteiger partial charge in [0.1, 0.15) is 17.4 Å². The Hall–Kier alpha value is -2.36. The summed E-state index contributed by atoms with van der Waals surface area (Å²) in [5, 5.41) is 15.7. The van der Waals surface area contributed by atoms with Crippen molar-refractivity contribution in [2.45, 2.75) is 30.4 Å². The Morgan fingerprint density at radius 2 is 2.14 bits per heavy atom. The van der Waals surface area contributed by atoms with Gasteiger partial charge in [-0.3, -0.25) is 19.3 Å². The number of amides is 1. The molecule has 0 aliphatic rings. The maximum atomic E-state index is 11.8. The molecule has 0 saturated heterocycles. The van der Waals surface area contributed by atoms with Crippen LogP contribution in [-0.4, -0.2) is 54.9 Å². The fourth-order valence-electron chi connectivity index (χ4n) is 1.75. The molecule has 2 atom stereocenters. The Kier molecular flexibility index (Phi) is 6.57. The molecule has 0 aliphatic carbocycles. The van der Waals surface area contributed by atoms with Crippen LogP contribution in [0.15, 0.2) is 12.5 Å². The number of hydrogen-bond donors (Lipinski definition) is 3. The molecule has 0 saturated carbocycles.